The van der Waals surface area contributed by atoms with E-state index in [2.05, 4.69) is 0 Å². The lowest BCUT2D eigenvalue weighted by atomic mass is 10.3. The van der Waals surface area contributed by atoms with Crippen molar-refractivity contribution in [3.63, 3.8) is 0 Å². The van der Waals surface area contributed by atoms with Crippen LogP contribution in [-0.2, 0) is 15.6 Å². The predicted octanol–water partition coefficient (Wildman–Crippen LogP) is 1.69. The van der Waals surface area contributed by atoms with E-state index in [-0.39, 0.29) is 0 Å². The van der Waals surface area contributed by atoms with Gasteiger partial charge in [-0.2, -0.15) is 0 Å². The summed E-state index contributed by atoms with van der Waals surface area (Å²) in [5.41, 5.74) is 0. The Morgan fingerprint density at radius 2 is 1.89 bits per heavy atom. The molecule has 1 N–H and O–H groups in total. The molecular formula is C13H18O5S. The van der Waals surface area contributed by atoms with Gasteiger partial charge in [0.1, 0.15) is 16.7 Å². The summed E-state index contributed by atoms with van der Waals surface area (Å²) >= 11 is 0. The molecule has 106 valence electrons. The van der Waals surface area contributed by atoms with Gasteiger partial charge in [0, 0.05) is 16.6 Å². The Kier molecular flexibility index (Phi) is 6.35. The van der Waals surface area contributed by atoms with E-state index < -0.39 is 22.0 Å². The molecule has 0 aromatic heterocycles. The minimum atomic E-state index is -1.36. The maximum Gasteiger partial charge on any atom is 0.318 e. The van der Waals surface area contributed by atoms with Crippen molar-refractivity contribution in [3.8, 4) is 11.5 Å². The van der Waals surface area contributed by atoms with E-state index in [1.165, 1.54) is 6.92 Å². The Morgan fingerprint density at radius 1 is 1.32 bits per heavy atom. The Morgan fingerprint density at radius 3 is 2.42 bits per heavy atom. The monoisotopic (exact) mass is 286 g/mol. The minimum absolute atomic E-state index is 0.323. The van der Waals surface area contributed by atoms with Gasteiger partial charge in [0.15, 0.2) is 0 Å². The highest BCUT2D eigenvalue weighted by molar-refractivity contribution is 7.86. The van der Waals surface area contributed by atoms with Crippen molar-refractivity contribution < 1.29 is 23.6 Å². The zero-order valence-electron chi connectivity index (χ0n) is 11.0. The van der Waals surface area contributed by atoms with Gasteiger partial charge in [-0.25, -0.2) is 0 Å². The summed E-state index contributed by atoms with van der Waals surface area (Å²) in [6.07, 6.45) is 0.552. The van der Waals surface area contributed by atoms with Crippen molar-refractivity contribution in [1.82, 2.24) is 0 Å². The molecular weight excluding hydrogens is 268 g/mol. The lowest BCUT2D eigenvalue weighted by molar-refractivity contribution is -0.136. The molecule has 1 aromatic rings. The van der Waals surface area contributed by atoms with E-state index in [0.717, 1.165) is 5.75 Å². The third-order valence-corrected chi connectivity index (χ3v) is 4.24. The van der Waals surface area contributed by atoms with Crippen LogP contribution in [0, 0.1) is 0 Å². The van der Waals surface area contributed by atoms with Gasteiger partial charge in [-0.05, 0) is 37.6 Å². The Bertz CT molecular complexity index is 429. The molecule has 0 heterocycles. The first kappa shape index (κ1) is 15.5. The second kappa shape index (κ2) is 7.78. The van der Waals surface area contributed by atoms with Crippen molar-refractivity contribution in [3.05, 3.63) is 24.3 Å². The summed E-state index contributed by atoms with van der Waals surface area (Å²) in [4.78, 5) is 10.6. The number of carboxylic acid groups (broad SMARTS) is 1. The molecule has 0 aliphatic rings. The fourth-order valence-electron chi connectivity index (χ4n) is 1.35. The molecule has 2 atom stereocenters. The Labute approximate surface area is 115 Å². The van der Waals surface area contributed by atoms with Crippen LogP contribution in [0.15, 0.2) is 24.3 Å². The molecule has 1 aromatic carbocycles. The molecule has 0 saturated carbocycles. The molecule has 0 aliphatic carbocycles. The second-order valence-corrected chi connectivity index (χ2v) is 5.82. The normalized spacial score (nSPS) is 13.6. The number of ether oxygens (including phenoxy) is 2. The minimum Gasteiger partial charge on any atom is -0.497 e. The van der Waals surface area contributed by atoms with Gasteiger partial charge in [0.2, 0.25) is 0 Å². The predicted molar refractivity (Wildman–Crippen MR) is 73.2 cm³/mol. The number of rotatable bonds is 8. The molecule has 0 spiro atoms. The van der Waals surface area contributed by atoms with Crippen molar-refractivity contribution >= 4 is 16.8 Å². The van der Waals surface area contributed by atoms with Gasteiger partial charge in [0.05, 0.1) is 13.7 Å². The van der Waals surface area contributed by atoms with Gasteiger partial charge >= 0.3 is 5.97 Å². The zero-order chi connectivity index (χ0) is 14.3. The second-order valence-electron chi connectivity index (χ2n) is 3.94. The first-order chi connectivity index (χ1) is 9.04. The van der Waals surface area contributed by atoms with Gasteiger partial charge in [-0.15, -0.1) is 0 Å². The average Bonchev–Trinajstić information content (AvgIpc) is 2.43. The van der Waals surface area contributed by atoms with E-state index in [1.54, 1.807) is 31.4 Å². The van der Waals surface area contributed by atoms with Crippen LogP contribution in [0.5, 0.6) is 11.5 Å². The Balaban J connectivity index is 2.27. The van der Waals surface area contributed by atoms with E-state index in [1.807, 2.05) is 0 Å². The van der Waals surface area contributed by atoms with Crippen LogP contribution in [-0.4, -0.2) is 40.0 Å². The lowest BCUT2D eigenvalue weighted by Gasteiger charge is -2.08. The van der Waals surface area contributed by atoms with E-state index in [9.17, 15) is 9.00 Å². The van der Waals surface area contributed by atoms with Gasteiger partial charge < -0.3 is 14.6 Å². The fraction of sp³-hybridized carbons (Fsp3) is 0.462. The third kappa shape index (κ3) is 5.30. The summed E-state index contributed by atoms with van der Waals surface area (Å²) < 4.78 is 22.0. The summed E-state index contributed by atoms with van der Waals surface area (Å²) in [6, 6.07) is 7.16. The maximum absolute atomic E-state index is 11.5. The number of methoxy groups -OCH3 is 1. The molecule has 1 rings (SSSR count). The molecule has 0 amide bonds. The number of benzene rings is 1. The first-order valence-corrected chi connectivity index (χ1v) is 7.29. The maximum atomic E-state index is 11.5. The standard InChI is InChI=1S/C13H18O5S/c1-10(13(14)15)19(16)9-3-8-18-12-6-4-11(17-2)5-7-12/h4-7,10H,3,8-9H2,1-2H3,(H,14,15). The summed E-state index contributed by atoms with van der Waals surface area (Å²) in [7, 11) is 0.235. The van der Waals surface area contributed by atoms with Gasteiger partial charge in [0.25, 0.3) is 0 Å². The number of carboxylic acids is 1. The molecule has 6 heteroatoms. The number of hydrogen-bond acceptors (Lipinski definition) is 4. The summed E-state index contributed by atoms with van der Waals surface area (Å²) in [6.45, 7) is 1.85. The highest BCUT2D eigenvalue weighted by Gasteiger charge is 2.17. The smallest absolute Gasteiger partial charge is 0.318 e. The zero-order valence-corrected chi connectivity index (χ0v) is 11.8. The molecule has 0 fully saturated rings. The third-order valence-electron chi connectivity index (χ3n) is 2.56. The van der Waals surface area contributed by atoms with E-state index in [4.69, 9.17) is 14.6 Å². The van der Waals surface area contributed by atoms with E-state index >= 15 is 0 Å². The van der Waals surface area contributed by atoms with Crippen LogP contribution in [0.2, 0.25) is 0 Å². The molecule has 2 unspecified atom stereocenters. The van der Waals surface area contributed by atoms with Gasteiger partial charge in [-0.1, -0.05) is 0 Å². The number of hydrogen-bond donors (Lipinski definition) is 1. The molecule has 0 radical (unpaired) electrons. The molecule has 0 aliphatic heterocycles. The van der Waals surface area contributed by atoms with Crippen LogP contribution in [0.25, 0.3) is 0 Å². The van der Waals surface area contributed by atoms with Crippen LogP contribution in [0.4, 0.5) is 0 Å². The largest absolute Gasteiger partial charge is 0.497 e. The average molecular weight is 286 g/mol. The van der Waals surface area contributed by atoms with Crippen LogP contribution in [0.1, 0.15) is 13.3 Å². The highest BCUT2D eigenvalue weighted by atomic mass is 32.2. The highest BCUT2D eigenvalue weighted by Crippen LogP contribution is 2.17. The van der Waals surface area contributed by atoms with Gasteiger partial charge in [-0.3, -0.25) is 9.00 Å². The van der Waals surface area contributed by atoms with Crippen molar-refractivity contribution in [2.24, 2.45) is 0 Å². The Hall–Kier alpha value is -1.56. The molecule has 19 heavy (non-hydrogen) atoms. The SMILES string of the molecule is COc1ccc(OCCCS(=O)C(C)C(=O)O)cc1. The molecule has 0 saturated heterocycles. The van der Waals surface area contributed by atoms with Crippen molar-refractivity contribution in [2.45, 2.75) is 18.6 Å². The summed E-state index contributed by atoms with van der Waals surface area (Å²) in [5, 5.41) is 7.87. The van der Waals surface area contributed by atoms with Crippen molar-refractivity contribution in [1.29, 1.82) is 0 Å². The van der Waals surface area contributed by atoms with Crippen molar-refractivity contribution in [2.75, 3.05) is 19.5 Å². The fourth-order valence-corrected chi connectivity index (χ4v) is 2.33. The van der Waals surface area contributed by atoms with Crippen LogP contribution < -0.4 is 9.47 Å². The molecule has 5 nitrogen and oxygen atoms in total. The number of aliphatic carboxylic acids is 1. The van der Waals surface area contributed by atoms with Crippen LogP contribution >= 0.6 is 0 Å². The summed E-state index contributed by atoms with van der Waals surface area (Å²) in [5.74, 6) is 0.750. The lowest BCUT2D eigenvalue weighted by Crippen LogP contribution is -2.24. The number of carbonyl (C=O) groups is 1. The quantitative estimate of drug-likeness (QED) is 0.736. The van der Waals surface area contributed by atoms with Crippen LogP contribution in [0.3, 0.4) is 0 Å². The topological polar surface area (TPSA) is 72.8 Å². The first-order valence-electron chi connectivity index (χ1n) is 5.91. The van der Waals surface area contributed by atoms with E-state index in [0.29, 0.717) is 24.5 Å². The molecule has 0 bridgehead atoms.